The van der Waals surface area contributed by atoms with Gasteiger partial charge < -0.3 is 10.5 Å². The topological polar surface area (TPSA) is 59.0 Å². The molecule has 0 aromatic heterocycles. The van der Waals surface area contributed by atoms with E-state index in [1.54, 1.807) is 12.1 Å². The molecule has 2 N–H and O–H groups in total. The lowest BCUT2D eigenvalue weighted by molar-refractivity contribution is 0.307. The third kappa shape index (κ3) is 3.27. The molecule has 0 bridgehead atoms. The molecule has 20 heavy (non-hydrogen) atoms. The van der Waals surface area contributed by atoms with Gasteiger partial charge in [-0.3, -0.25) is 0 Å². The second-order valence-corrected chi connectivity index (χ2v) is 4.47. The Hall–Kier alpha value is -2.54. The van der Waals surface area contributed by atoms with Crippen LogP contribution in [0.3, 0.4) is 0 Å². The fourth-order valence-electron chi connectivity index (χ4n) is 1.91. The van der Waals surface area contributed by atoms with Gasteiger partial charge in [0.05, 0.1) is 17.3 Å². The van der Waals surface area contributed by atoms with Crippen LogP contribution >= 0.6 is 0 Å². The monoisotopic (exact) mass is 270 g/mol. The summed E-state index contributed by atoms with van der Waals surface area (Å²) in [6.45, 7) is 2.22. The van der Waals surface area contributed by atoms with E-state index >= 15 is 0 Å². The van der Waals surface area contributed by atoms with Crippen molar-refractivity contribution in [2.45, 2.75) is 20.0 Å². The highest BCUT2D eigenvalue weighted by Crippen LogP contribution is 2.24. The lowest BCUT2D eigenvalue weighted by atomic mass is 10.1. The van der Waals surface area contributed by atoms with Gasteiger partial charge in [0.15, 0.2) is 0 Å². The molecular weight excluding hydrogens is 255 g/mol. The number of nitrogens with zero attached hydrogens (tertiary/aromatic N) is 1. The molecule has 0 spiro atoms. The second-order valence-electron chi connectivity index (χ2n) is 4.47. The van der Waals surface area contributed by atoms with Gasteiger partial charge in [-0.25, -0.2) is 4.39 Å². The molecule has 0 atom stereocenters. The van der Waals surface area contributed by atoms with Crippen molar-refractivity contribution >= 4 is 5.69 Å². The number of ether oxygens (including phenoxy) is 1. The maximum Gasteiger partial charge on any atom is 0.142 e. The predicted octanol–water partition coefficient (Wildman–Crippen LogP) is 3.42. The Morgan fingerprint density at radius 3 is 2.65 bits per heavy atom. The number of hydrogen-bond donors (Lipinski definition) is 1. The molecule has 2 aromatic carbocycles. The number of benzene rings is 2. The summed E-state index contributed by atoms with van der Waals surface area (Å²) in [6, 6.07) is 11.7. The molecule has 0 aliphatic heterocycles. The molecule has 0 fully saturated rings. The van der Waals surface area contributed by atoms with Gasteiger partial charge in [0, 0.05) is 0 Å². The molecule has 2 rings (SSSR count). The zero-order valence-corrected chi connectivity index (χ0v) is 11.2. The number of hydrogen-bond acceptors (Lipinski definition) is 3. The normalized spacial score (nSPS) is 10.1. The van der Waals surface area contributed by atoms with Crippen LogP contribution in [0.5, 0.6) is 5.75 Å². The fraction of sp³-hybridized carbons (Fsp3) is 0.188. The first-order valence-corrected chi connectivity index (χ1v) is 6.33. The van der Waals surface area contributed by atoms with Crippen LogP contribution < -0.4 is 10.5 Å². The van der Waals surface area contributed by atoms with E-state index < -0.39 is 5.82 Å². The predicted molar refractivity (Wildman–Crippen MR) is 75.7 cm³/mol. The smallest absolute Gasteiger partial charge is 0.142 e. The van der Waals surface area contributed by atoms with E-state index in [-0.39, 0.29) is 12.2 Å². The molecule has 0 amide bonds. The summed E-state index contributed by atoms with van der Waals surface area (Å²) in [5.74, 6) is 0.113. The molecule has 102 valence electrons. The Bertz CT molecular complexity index is 662. The number of anilines is 1. The van der Waals surface area contributed by atoms with Crippen LogP contribution in [0.15, 0.2) is 36.4 Å². The standard InChI is InChI=1S/C16H15FN2O/c1-2-11-3-4-16(15(19)8-11)20-10-13-5-12(9-18)6-14(17)7-13/h3-8H,2,10,19H2,1H3. The van der Waals surface area contributed by atoms with Crippen LogP contribution in [-0.4, -0.2) is 0 Å². The molecule has 0 radical (unpaired) electrons. The highest BCUT2D eigenvalue weighted by Gasteiger charge is 2.04. The largest absolute Gasteiger partial charge is 0.487 e. The average Bonchev–Trinajstić information content (AvgIpc) is 2.45. The Morgan fingerprint density at radius 1 is 1.20 bits per heavy atom. The molecule has 0 aliphatic carbocycles. The van der Waals surface area contributed by atoms with Crippen LogP contribution in [0.25, 0.3) is 0 Å². The van der Waals surface area contributed by atoms with Crippen molar-refractivity contribution in [3.8, 4) is 11.8 Å². The van der Waals surface area contributed by atoms with Crippen molar-refractivity contribution in [1.82, 2.24) is 0 Å². The van der Waals surface area contributed by atoms with Crippen LogP contribution in [0, 0.1) is 17.1 Å². The maximum absolute atomic E-state index is 13.3. The highest BCUT2D eigenvalue weighted by molar-refractivity contribution is 5.54. The first kappa shape index (κ1) is 13.9. The minimum absolute atomic E-state index is 0.169. The highest BCUT2D eigenvalue weighted by atomic mass is 19.1. The van der Waals surface area contributed by atoms with Gasteiger partial charge in [0.25, 0.3) is 0 Å². The molecule has 0 saturated carbocycles. The van der Waals surface area contributed by atoms with E-state index in [1.807, 2.05) is 25.1 Å². The van der Waals surface area contributed by atoms with Crippen LogP contribution in [0.4, 0.5) is 10.1 Å². The van der Waals surface area contributed by atoms with Gasteiger partial charge in [-0.2, -0.15) is 5.26 Å². The van der Waals surface area contributed by atoms with Gasteiger partial charge in [-0.05, 0) is 47.9 Å². The number of nitriles is 1. The summed E-state index contributed by atoms with van der Waals surface area (Å²) in [5.41, 5.74) is 8.46. The Balaban J connectivity index is 2.13. The van der Waals surface area contributed by atoms with Crippen LogP contribution in [0.1, 0.15) is 23.6 Å². The number of rotatable bonds is 4. The lowest BCUT2D eigenvalue weighted by Gasteiger charge is -2.10. The van der Waals surface area contributed by atoms with E-state index in [2.05, 4.69) is 0 Å². The SMILES string of the molecule is CCc1ccc(OCc2cc(F)cc(C#N)c2)c(N)c1. The zero-order valence-electron chi connectivity index (χ0n) is 11.2. The summed E-state index contributed by atoms with van der Waals surface area (Å²) in [5, 5.41) is 8.80. The molecule has 0 aliphatic rings. The van der Waals surface area contributed by atoms with Crippen LogP contribution in [0.2, 0.25) is 0 Å². The molecule has 2 aromatic rings. The van der Waals surface area contributed by atoms with Gasteiger partial charge in [-0.1, -0.05) is 13.0 Å². The first-order valence-electron chi connectivity index (χ1n) is 6.33. The summed E-state index contributed by atoms with van der Waals surface area (Å²) in [7, 11) is 0. The van der Waals surface area contributed by atoms with E-state index in [4.69, 9.17) is 15.7 Å². The van der Waals surface area contributed by atoms with Gasteiger partial charge in [0.1, 0.15) is 18.2 Å². The number of nitrogen functional groups attached to an aromatic ring is 1. The molecule has 0 unspecified atom stereocenters. The average molecular weight is 270 g/mol. The molecule has 0 heterocycles. The zero-order chi connectivity index (χ0) is 14.5. The van der Waals surface area contributed by atoms with Crippen molar-refractivity contribution in [2.75, 3.05) is 5.73 Å². The third-order valence-corrected chi connectivity index (χ3v) is 2.96. The summed E-state index contributed by atoms with van der Waals surface area (Å²) >= 11 is 0. The quantitative estimate of drug-likeness (QED) is 0.866. The van der Waals surface area contributed by atoms with Crippen molar-refractivity contribution in [1.29, 1.82) is 5.26 Å². The van der Waals surface area contributed by atoms with Gasteiger partial charge >= 0.3 is 0 Å². The number of aryl methyl sites for hydroxylation is 1. The van der Waals surface area contributed by atoms with Crippen molar-refractivity contribution in [3.63, 3.8) is 0 Å². The molecular formula is C16H15FN2O. The summed E-state index contributed by atoms with van der Waals surface area (Å²) < 4.78 is 18.9. The minimum Gasteiger partial charge on any atom is -0.487 e. The first-order chi connectivity index (χ1) is 9.62. The summed E-state index contributed by atoms with van der Waals surface area (Å²) in [6.07, 6.45) is 0.903. The third-order valence-electron chi connectivity index (χ3n) is 2.96. The number of halogens is 1. The minimum atomic E-state index is -0.447. The lowest BCUT2D eigenvalue weighted by Crippen LogP contribution is -2.00. The Kier molecular flexibility index (Phi) is 4.21. The van der Waals surface area contributed by atoms with Crippen molar-refractivity contribution in [2.24, 2.45) is 0 Å². The van der Waals surface area contributed by atoms with Gasteiger partial charge in [-0.15, -0.1) is 0 Å². The number of nitrogens with two attached hydrogens (primary N) is 1. The molecule has 4 heteroatoms. The van der Waals surface area contributed by atoms with Crippen molar-refractivity contribution < 1.29 is 9.13 Å². The van der Waals surface area contributed by atoms with E-state index in [0.29, 0.717) is 17.0 Å². The fourth-order valence-corrected chi connectivity index (χ4v) is 1.91. The van der Waals surface area contributed by atoms with Crippen LogP contribution in [-0.2, 0) is 13.0 Å². The Labute approximate surface area is 117 Å². The molecule has 3 nitrogen and oxygen atoms in total. The van der Waals surface area contributed by atoms with Gasteiger partial charge in [0.2, 0.25) is 0 Å². The second kappa shape index (κ2) is 6.07. The maximum atomic E-state index is 13.3. The van der Waals surface area contributed by atoms with E-state index in [9.17, 15) is 4.39 Å². The summed E-state index contributed by atoms with van der Waals surface area (Å²) in [4.78, 5) is 0. The van der Waals surface area contributed by atoms with Crippen molar-refractivity contribution in [3.05, 3.63) is 58.9 Å². The Morgan fingerprint density at radius 2 is 2.00 bits per heavy atom. The molecule has 0 saturated heterocycles. The van der Waals surface area contributed by atoms with E-state index in [1.165, 1.54) is 12.1 Å². The van der Waals surface area contributed by atoms with E-state index in [0.717, 1.165) is 12.0 Å².